The standard InChI is InChI=1S/C18H20F2N2O2S/c1-14-2-4-15(5-3-14)13-21-8-10-22(11-9-21)25(23,24)18-12-16(19)6-7-17(18)20/h2-7,12H,8-11,13H2,1H3/p+1. The van der Waals surface area contributed by atoms with Gasteiger partial charge in [-0.05, 0) is 25.1 Å². The maximum atomic E-state index is 13.8. The number of halogens is 2. The van der Waals surface area contributed by atoms with Crippen molar-refractivity contribution in [1.82, 2.24) is 4.31 Å². The Bertz CT molecular complexity index is 846. The molecule has 1 N–H and O–H groups in total. The summed E-state index contributed by atoms with van der Waals surface area (Å²) >= 11 is 0. The smallest absolute Gasteiger partial charge is 0.246 e. The van der Waals surface area contributed by atoms with Crippen LogP contribution in [-0.4, -0.2) is 38.9 Å². The number of hydrogen-bond donors (Lipinski definition) is 1. The van der Waals surface area contributed by atoms with E-state index in [0.29, 0.717) is 26.2 Å². The average Bonchev–Trinajstić information content (AvgIpc) is 2.59. The molecule has 2 aromatic rings. The lowest BCUT2D eigenvalue weighted by Gasteiger charge is -2.31. The maximum absolute atomic E-state index is 13.8. The van der Waals surface area contributed by atoms with E-state index < -0.39 is 26.6 Å². The van der Waals surface area contributed by atoms with Crippen LogP contribution in [-0.2, 0) is 16.6 Å². The second-order valence-electron chi connectivity index (χ2n) is 6.39. The third kappa shape index (κ3) is 4.05. The number of nitrogens with zero attached hydrogens (tertiary/aromatic N) is 1. The van der Waals surface area contributed by atoms with Gasteiger partial charge in [0.05, 0.1) is 26.2 Å². The Labute approximate surface area is 146 Å². The summed E-state index contributed by atoms with van der Waals surface area (Å²) in [4.78, 5) is 0.685. The van der Waals surface area contributed by atoms with Crippen LogP contribution in [0.25, 0.3) is 0 Å². The minimum Gasteiger partial charge on any atom is -0.329 e. The Morgan fingerprint density at radius 3 is 2.32 bits per heavy atom. The van der Waals surface area contributed by atoms with Crippen molar-refractivity contribution in [3.8, 4) is 0 Å². The minimum atomic E-state index is -4.01. The van der Waals surface area contributed by atoms with Gasteiger partial charge in [0, 0.05) is 5.56 Å². The molecular weight excluding hydrogens is 346 g/mol. The lowest BCUT2D eigenvalue weighted by molar-refractivity contribution is -0.917. The number of hydrogen-bond acceptors (Lipinski definition) is 2. The molecule has 0 amide bonds. The molecule has 2 aromatic carbocycles. The van der Waals surface area contributed by atoms with E-state index in [1.807, 2.05) is 6.92 Å². The van der Waals surface area contributed by atoms with E-state index in [-0.39, 0.29) is 0 Å². The van der Waals surface area contributed by atoms with Gasteiger partial charge in [0.15, 0.2) is 0 Å². The molecule has 0 radical (unpaired) electrons. The van der Waals surface area contributed by atoms with Gasteiger partial charge in [0.25, 0.3) is 0 Å². The molecule has 3 rings (SSSR count). The van der Waals surface area contributed by atoms with Gasteiger partial charge in [-0.3, -0.25) is 0 Å². The summed E-state index contributed by atoms with van der Waals surface area (Å²) in [6, 6.07) is 10.8. The van der Waals surface area contributed by atoms with E-state index in [2.05, 4.69) is 24.3 Å². The fraction of sp³-hybridized carbons (Fsp3) is 0.333. The summed E-state index contributed by atoms with van der Waals surface area (Å²) in [7, 11) is -4.01. The highest BCUT2D eigenvalue weighted by atomic mass is 32.2. The molecule has 0 saturated carbocycles. The van der Waals surface area contributed by atoms with Gasteiger partial charge < -0.3 is 4.90 Å². The number of aryl methyl sites for hydroxylation is 1. The second-order valence-corrected chi connectivity index (χ2v) is 8.30. The van der Waals surface area contributed by atoms with Crippen LogP contribution in [0.4, 0.5) is 8.78 Å². The van der Waals surface area contributed by atoms with Gasteiger partial charge in [0.1, 0.15) is 23.1 Å². The van der Waals surface area contributed by atoms with Crippen molar-refractivity contribution in [3.63, 3.8) is 0 Å². The van der Waals surface area contributed by atoms with Gasteiger partial charge in [-0.1, -0.05) is 29.8 Å². The lowest BCUT2D eigenvalue weighted by atomic mass is 10.1. The average molecular weight is 367 g/mol. The zero-order valence-electron chi connectivity index (χ0n) is 14.0. The molecule has 0 unspecified atom stereocenters. The van der Waals surface area contributed by atoms with Crippen molar-refractivity contribution >= 4 is 10.0 Å². The largest absolute Gasteiger partial charge is 0.329 e. The number of rotatable bonds is 4. The molecule has 0 bridgehead atoms. The number of piperazine rings is 1. The molecule has 0 atom stereocenters. The lowest BCUT2D eigenvalue weighted by Crippen LogP contribution is -3.13. The molecule has 7 heteroatoms. The summed E-state index contributed by atoms with van der Waals surface area (Å²) in [6.07, 6.45) is 0. The molecule has 0 aliphatic carbocycles. The molecule has 25 heavy (non-hydrogen) atoms. The molecule has 1 heterocycles. The molecule has 1 aliphatic rings. The summed E-state index contributed by atoms with van der Waals surface area (Å²) in [6.45, 7) is 4.70. The van der Waals surface area contributed by atoms with Crippen LogP contribution < -0.4 is 4.90 Å². The molecule has 1 aliphatic heterocycles. The Balaban J connectivity index is 1.67. The first-order valence-electron chi connectivity index (χ1n) is 8.20. The third-order valence-electron chi connectivity index (χ3n) is 4.52. The Kier molecular flexibility index (Phi) is 5.17. The molecular formula is C18H21F2N2O2S+. The van der Waals surface area contributed by atoms with E-state index in [1.54, 1.807) is 0 Å². The van der Waals surface area contributed by atoms with Crippen molar-refractivity contribution in [3.05, 3.63) is 65.2 Å². The van der Waals surface area contributed by atoms with E-state index in [0.717, 1.165) is 24.7 Å². The van der Waals surface area contributed by atoms with Crippen LogP contribution in [0.1, 0.15) is 11.1 Å². The minimum absolute atomic E-state index is 0.291. The van der Waals surface area contributed by atoms with Crippen LogP contribution in [0, 0.1) is 18.6 Å². The van der Waals surface area contributed by atoms with Gasteiger partial charge >= 0.3 is 0 Å². The third-order valence-corrected chi connectivity index (χ3v) is 6.43. The van der Waals surface area contributed by atoms with Crippen LogP contribution in [0.2, 0.25) is 0 Å². The second kappa shape index (κ2) is 7.19. The molecule has 1 saturated heterocycles. The van der Waals surface area contributed by atoms with Crippen molar-refractivity contribution in [2.75, 3.05) is 26.2 Å². The van der Waals surface area contributed by atoms with Gasteiger partial charge in [0.2, 0.25) is 10.0 Å². The fourth-order valence-corrected chi connectivity index (χ4v) is 4.55. The van der Waals surface area contributed by atoms with Crippen LogP contribution in [0.3, 0.4) is 0 Å². The molecule has 134 valence electrons. The fourth-order valence-electron chi connectivity index (χ4n) is 3.03. The topological polar surface area (TPSA) is 41.8 Å². The van der Waals surface area contributed by atoms with Gasteiger partial charge in [-0.25, -0.2) is 17.2 Å². The first-order valence-corrected chi connectivity index (χ1v) is 9.64. The van der Waals surface area contributed by atoms with Gasteiger partial charge in [-0.2, -0.15) is 4.31 Å². The summed E-state index contributed by atoms with van der Waals surface area (Å²) in [5.41, 5.74) is 2.40. The molecule has 4 nitrogen and oxygen atoms in total. The molecule has 1 fully saturated rings. The summed E-state index contributed by atoms with van der Waals surface area (Å²) in [5, 5.41) is 0. The highest BCUT2D eigenvalue weighted by molar-refractivity contribution is 7.89. The number of benzene rings is 2. The monoisotopic (exact) mass is 367 g/mol. The summed E-state index contributed by atoms with van der Waals surface area (Å²) in [5.74, 6) is -1.68. The quantitative estimate of drug-likeness (QED) is 0.887. The van der Waals surface area contributed by atoms with Crippen molar-refractivity contribution in [1.29, 1.82) is 0 Å². The molecule has 0 spiro atoms. The van der Waals surface area contributed by atoms with E-state index in [4.69, 9.17) is 0 Å². The Hall–Kier alpha value is -1.83. The SMILES string of the molecule is Cc1ccc(C[NH+]2CCN(S(=O)(=O)c3cc(F)ccc3F)CC2)cc1. The maximum Gasteiger partial charge on any atom is 0.246 e. The number of nitrogens with one attached hydrogen (secondary N) is 1. The van der Waals surface area contributed by atoms with E-state index in [9.17, 15) is 17.2 Å². The van der Waals surface area contributed by atoms with Crippen LogP contribution in [0.15, 0.2) is 47.4 Å². The zero-order valence-corrected chi connectivity index (χ0v) is 14.8. The van der Waals surface area contributed by atoms with E-state index in [1.165, 1.54) is 20.3 Å². The van der Waals surface area contributed by atoms with Crippen LogP contribution in [0.5, 0.6) is 0 Å². The van der Waals surface area contributed by atoms with Crippen molar-refractivity contribution in [2.45, 2.75) is 18.4 Å². The highest BCUT2D eigenvalue weighted by Crippen LogP contribution is 2.20. The Morgan fingerprint density at radius 1 is 1.04 bits per heavy atom. The predicted octanol–water partition coefficient (Wildman–Crippen LogP) is 1.36. The normalized spacial score (nSPS) is 16.9. The zero-order chi connectivity index (χ0) is 18.0. The molecule has 0 aromatic heterocycles. The first-order chi connectivity index (χ1) is 11.9. The van der Waals surface area contributed by atoms with E-state index >= 15 is 0 Å². The highest BCUT2D eigenvalue weighted by Gasteiger charge is 2.32. The van der Waals surface area contributed by atoms with Crippen molar-refractivity contribution < 1.29 is 22.1 Å². The number of quaternary nitrogens is 1. The predicted molar refractivity (Wildman–Crippen MR) is 90.7 cm³/mol. The summed E-state index contributed by atoms with van der Waals surface area (Å²) < 4.78 is 53.5. The first kappa shape index (κ1) is 18.0. The van der Waals surface area contributed by atoms with Gasteiger partial charge in [-0.15, -0.1) is 0 Å². The van der Waals surface area contributed by atoms with Crippen molar-refractivity contribution in [2.24, 2.45) is 0 Å². The van der Waals surface area contributed by atoms with Crippen LogP contribution >= 0.6 is 0 Å². The number of sulfonamides is 1. The Morgan fingerprint density at radius 2 is 1.68 bits per heavy atom.